The van der Waals surface area contributed by atoms with Crippen molar-refractivity contribution in [1.82, 2.24) is 9.47 Å². The zero-order valence-electron chi connectivity index (χ0n) is 21.1. The summed E-state index contributed by atoms with van der Waals surface area (Å²) in [5.41, 5.74) is 4.81. The molecule has 0 spiro atoms. The van der Waals surface area contributed by atoms with Crippen molar-refractivity contribution >= 4 is 51.6 Å². The van der Waals surface area contributed by atoms with Gasteiger partial charge in [-0.1, -0.05) is 12.1 Å². The van der Waals surface area contributed by atoms with E-state index in [-0.39, 0.29) is 17.7 Å². The highest BCUT2D eigenvalue weighted by molar-refractivity contribution is 14.1. The number of aromatic nitrogens is 1. The molecule has 0 saturated carbocycles. The van der Waals surface area contributed by atoms with E-state index in [1.807, 2.05) is 98.8 Å². The van der Waals surface area contributed by atoms with Gasteiger partial charge in [0.05, 0.1) is 18.6 Å². The fraction of sp³-hybridized carbons (Fsp3) is 0.133. The van der Waals surface area contributed by atoms with E-state index in [2.05, 4.69) is 27.2 Å². The monoisotopic (exact) mass is 636 g/mol. The molecule has 2 amide bonds. The summed E-state index contributed by atoms with van der Waals surface area (Å²) < 4.78 is 14.4. The summed E-state index contributed by atoms with van der Waals surface area (Å²) >= 11 is 3.22. The van der Waals surface area contributed by atoms with Crippen LogP contribution in [0.5, 0.6) is 17.2 Å². The number of aryl methyl sites for hydroxylation is 1. The van der Waals surface area contributed by atoms with E-state index in [4.69, 9.17) is 9.47 Å². The van der Waals surface area contributed by atoms with Crippen LogP contribution in [0.15, 0.2) is 83.8 Å². The van der Waals surface area contributed by atoms with Crippen molar-refractivity contribution in [3.05, 3.63) is 110 Å². The fourth-order valence-electron chi connectivity index (χ4n) is 4.32. The lowest BCUT2D eigenvalue weighted by molar-refractivity contribution is -0.123. The van der Waals surface area contributed by atoms with Crippen LogP contribution in [0.3, 0.4) is 0 Å². The number of carbonyl (C=O) groups excluding carboxylic acids is 2. The van der Waals surface area contributed by atoms with Gasteiger partial charge in [-0.15, -0.1) is 0 Å². The second-order valence-corrected chi connectivity index (χ2v) is 11.1. The van der Waals surface area contributed by atoms with Crippen molar-refractivity contribution in [3.63, 3.8) is 0 Å². The lowest BCUT2D eigenvalue weighted by Gasteiger charge is -2.12. The Kier molecular flexibility index (Phi) is 7.62. The molecule has 4 aromatic rings. The second-order valence-electron chi connectivity index (χ2n) is 8.83. The van der Waals surface area contributed by atoms with Crippen LogP contribution in [0.2, 0.25) is 0 Å². The summed E-state index contributed by atoms with van der Waals surface area (Å²) in [6.45, 7) is 4.30. The minimum atomic E-state index is -0.261. The van der Waals surface area contributed by atoms with Gasteiger partial charge < -0.3 is 14.0 Å². The van der Waals surface area contributed by atoms with E-state index in [1.54, 1.807) is 7.11 Å². The van der Waals surface area contributed by atoms with Crippen molar-refractivity contribution in [2.45, 2.75) is 20.4 Å². The molecule has 2 heterocycles. The Morgan fingerprint density at radius 2 is 1.47 bits per heavy atom. The highest BCUT2D eigenvalue weighted by Gasteiger charge is 2.35. The quantitative estimate of drug-likeness (QED) is 0.154. The number of nitrogens with zero attached hydrogens (tertiary/aromatic N) is 2. The van der Waals surface area contributed by atoms with Crippen LogP contribution in [0.25, 0.3) is 11.8 Å². The molecule has 6 nitrogen and oxygen atoms in total. The molecule has 0 atom stereocenters. The fourth-order valence-corrected chi connectivity index (χ4v) is 5.51. The molecule has 38 heavy (non-hydrogen) atoms. The molecule has 1 saturated heterocycles. The number of carbonyl (C=O) groups is 2. The Morgan fingerprint density at radius 3 is 2.11 bits per heavy atom. The van der Waals surface area contributed by atoms with E-state index in [0.717, 1.165) is 60.8 Å². The Labute approximate surface area is 239 Å². The zero-order valence-corrected chi connectivity index (χ0v) is 24.1. The molecular weight excluding hydrogens is 611 g/mol. The van der Waals surface area contributed by atoms with Gasteiger partial charge in [-0.05, 0) is 132 Å². The average Bonchev–Trinajstić information content (AvgIpc) is 3.34. The minimum absolute atomic E-state index is 0.249. The first-order chi connectivity index (χ1) is 18.3. The number of halogens is 1. The van der Waals surface area contributed by atoms with Gasteiger partial charge in [0.15, 0.2) is 0 Å². The van der Waals surface area contributed by atoms with Gasteiger partial charge >= 0.3 is 0 Å². The van der Waals surface area contributed by atoms with E-state index in [1.165, 1.54) is 4.90 Å². The van der Waals surface area contributed by atoms with Crippen molar-refractivity contribution in [3.8, 4) is 22.9 Å². The third-order valence-electron chi connectivity index (χ3n) is 6.27. The van der Waals surface area contributed by atoms with Crippen molar-refractivity contribution in [2.75, 3.05) is 7.11 Å². The zero-order chi connectivity index (χ0) is 26.8. The first-order valence-corrected chi connectivity index (χ1v) is 13.8. The number of benzene rings is 3. The summed E-state index contributed by atoms with van der Waals surface area (Å²) in [5, 5.41) is -0.249. The molecule has 1 aliphatic rings. The van der Waals surface area contributed by atoms with E-state index >= 15 is 0 Å². The van der Waals surface area contributed by atoms with Crippen LogP contribution in [0.4, 0.5) is 4.79 Å². The van der Waals surface area contributed by atoms with Crippen LogP contribution in [-0.2, 0) is 11.3 Å². The number of thioether (sulfide) groups is 1. The number of rotatable bonds is 7. The molecule has 0 N–H and O–H groups in total. The Morgan fingerprint density at radius 1 is 0.868 bits per heavy atom. The first kappa shape index (κ1) is 26.1. The molecule has 1 aliphatic heterocycles. The molecule has 192 valence electrons. The van der Waals surface area contributed by atoms with Crippen LogP contribution in [0, 0.1) is 17.4 Å². The van der Waals surface area contributed by atoms with Crippen molar-refractivity contribution in [1.29, 1.82) is 0 Å². The summed E-state index contributed by atoms with van der Waals surface area (Å²) in [6.07, 6.45) is 1.82. The van der Waals surface area contributed by atoms with Crippen LogP contribution in [-0.4, -0.2) is 27.7 Å². The maximum atomic E-state index is 13.1. The third kappa shape index (κ3) is 5.51. The van der Waals surface area contributed by atoms with Gasteiger partial charge in [0.2, 0.25) is 0 Å². The Balaban J connectivity index is 1.33. The van der Waals surface area contributed by atoms with Crippen LogP contribution >= 0.6 is 34.4 Å². The molecule has 5 rings (SSSR count). The van der Waals surface area contributed by atoms with Gasteiger partial charge in [-0.25, -0.2) is 0 Å². The predicted molar refractivity (Wildman–Crippen MR) is 159 cm³/mol. The second kappa shape index (κ2) is 11.1. The van der Waals surface area contributed by atoms with Gasteiger partial charge in [-0.3, -0.25) is 14.5 Å². The summed E-state index contributed by atoms with van der Waals surface area (Å²) in [4.78, 5) is 27.4. The molecule has 8 heteroatoms. The molecular formula is C30H25IN2O4S. The number of methoxy groups -OCH3 is 1. The van der Waals surface area contributed by atoms with Crippen LogP contribution < -0.4 is 9.47 Å². The SMILES string of the molecule is COc1ccc(Oc2ccc(-n3c(C)cc(/C=C4\SC(=O)N(Cc5ccc(I)cc5)C4=O)c3C)cc2)cc1. The molecule has 0 bridgehead atoms. The van der Waals surface area contributed by atoms with E-state index in [0.29, 0.717) is 4.91 Å². The molecule has 1 fully saturated rings. The Bertz CT molecular complexity index is 1520. The smallest absolute Gasteiger partial charge is 0.293 e. The highest BCUT2D eigenvalue weighted by Crippen LogP contribution is 2.35. The normalized spacial score (nSPS) is 14.4. The summed E-state index contributed by atoms with van der Waals surface area (Å²) in [5.74, 6) is 1.97. The lowest BCUT2D eigenvalue weighted by atomic mass is 10.2. The summed E-state index contributed by atoms with van der Waals surface area (Å²) in [7, 11) is 1.63. The van der Waals surface area contributed by atoms with Gasteiger partial charge in [-0.2, -0.15) is 0 Å². The number of hydrogen-bond acceptors (Lipinski definition) is 5. The number of amides is 2. The lowest BCUT2D eigenvalue weighted by Crippen LogP contribution is -2.27. The maximum absolute atomic E-state index is 13.1. The standard InChI is InChI=1S/C30H25IN2O4S/c1-19-16-22(17-28-29(34)32(30(35)38-28)18-21-4-6-23(31)7-5-21)20(2)33(19)24-8-10-26(11-9-24)37-27-14-12-25(36-3)13-15-27/h4-17H,18H2,1-3H3/b28-17-. The van der Waals surface area contributed by atoms with E-state index in [9.17, 15) is 9.59 Å². The largest absolute Gasteiger partial charge is 0.497 e. The molecule has 3 aromatic carbocycles. The number of hydrogen-bond donors (Lipinski definition) is 0. The topological polar surface area (TPSA) is 60.8 Å². The van der Waals surface area contributed by atoms with Gasteiger partial charge in [0.25, 0.3) is 11.1 Å². The maximum Gasteiger partial charge on any atom is 0.293 e. The van der Waals surface area contributed by atoms with Crippen LogP contribution in [0.1, 0.15) is 22.5 Å². The van der Waals surface area contributed by atoms with Gasteiger partial charge in [0.1, 0.15) is 17.2 Å². The first-order valence-electron chi connectivity index (χ1n) is 11.9. The van der Waals surface area contributed by atoms with Gasteiger partial charge in [0, 0.05) is 20.6 Å². The number of imide groups is 1. The molecule has 0 unspecified atom stereocenters. The molecule has 0 aliphatic carbocycles. The summed E-state index contributed by atoms with van der Waals surface area (Å²) in [6, 6.07) is 25.1. The van der Waals surface area contributed by atoms with Crippen molar-refractivity contribution < 1.29 is 19.1 Å². The minimum Gasteiger partial charge on any atom is -0.497 e. The Hall–Kier alpha value is -3.50. The third-order valence-corrected chi connectivity index (χ3v) is 7.90. The molecule has 1 aromatic heterocycles. The number of ether oxygens (including phenoxy) is 2. The van der Waals surface area contributed by atoms with E-state index < -0.39 is 0 Å². The predicted octanol–water partition coefficient (Wildman–Crippen LogP) is 7.74. The van der Waals surface area contributed by atoms with Crippen molar-refractivity contribution in [2.24, 2.45) is 0 Å². The highest BCUT2D eigenvalue weighted by atomic mass is 127. The molecule has 0 radical (unpaired) electrons. The average molecular weight is 637 g/mol.